The molecule has 2 aromatic carbocycles. The first-order chi connectivity index (χ1) is 16.8. The van der Waals surface area contributed by atoms with E-state index in [-0.39, 0.29) is 31.4 Å². The van der Waals surface area contributed by atoms with Crippen molar-refractivity contribution in [2.45, 2.75) is 32.7 Å². The summed E-state index contributed by atoms with van der Waals surface area (Å²) in [7, 11) is 0. The van der Waals surface area contributed by atoms with E-state index in [0.717, 1.165) is 6.42 Å². The number of carbonyl (C=O) groups excluding carboxylic acids is 3. The summed E-state index contributed by atoms with van der Waals surface area (Å²) in [6.07, 6.45) is 0.687. The molecule has 1 aliphatic heterocycles. The molecule has 1 heterocycles. The summed E-state index contributed by atoms with van der Waals surface area (Å²) in [5, 5.41) is 2.72. The Kier molecular flexibility index (Phi) is 9.96. The van der Waals surface area contributed by atoms with Crippen molar-refractivity contribution in [1.82, 2.24) is 10.2 Å². The van der Waals surface area contributed by atoms with E-state index in [1.165, 1.54) is 4.90 Å². The minimum Gasteiger partial charge on any atom is -0.492 e. The molecule has 188 valence electrons. The summed E-state index contributed by atoms with van der Waals surface area (Å²) >= 11 is 3.47. The van der Waals surface area contributed by atoms with Gasteiger partial charge in [-0.25, -0.2) is 0 Å². The molecule has 1 atom stereocenters. The molecule has 3 rings (SSSR count). The number of benzene rings is 2. The quantitative estimate of drug-likeness (QED) is 0.340. The largest absolute Gasteiger partial charge is 0.492 e. The fraction of sp³-hybridized carbons (Fsp3) is 0.423. The number of amides is 2. The van der Waals surface area contributed by atoms with E-state index in [2.05, 4.69) is 35.1 Å². The molecule has 0 saturated carbocycles. The molecular formula is C26H31BrN2O6. The van der Waals surface area contributed by atoms with Crippen molar-refractivity contribution >= 4 is 33.7 Å². The summed E-state index contributed by atoms with van der Waals surface area (Å²) in [5.41, 5.74) is 0.400. The van der Waals surface area contributed by atoms with Crippen molar-refractivity contribution in [3.05, 3.63) is 58.6 Å². The van der Waals surface area contributed by atoms with Crippen molar-refractivity contribution < 1.29 is 28.6 Å². The Morgan fingerprint density at radius 2 is 1.86 bits per heavy atom. The van der Waals surface area contributed by atoms with Crippen LogP contribution in [0.15, 0.2) is 53.0 Å². The number of esters is 1. The average Bonchev–Trinajstić information content (AvgIpc) is 2.84. The van der Waals surface area contributed by atoms with Gasteiger partial charge in [-0.3, -0.25) is 14.4 Å². The highest BCUT2D eigenvalue weighted by atomic mass is 79.9. The maximum Gasteiger partial charge on any atom is 0.308 e. The molecule has 2 amide bonds. The van der Waals surface area contributed by atoms with Crippen LogP contribution in [0.25, 0.3) is 0 Å². The number of para-hydroxylation sites is 1. The van der Waals surface area contributed by atoms with Gasteiger partial charge in [0.1, 0.15) is 30.8 Å². The van der Waals surface area contributed by atoms with Crippen LogP contribution in [0.3, 0.4) is 0 Å². The van der Waals surface area contributed by atoms with Gasteiger partial charge in [0, 0.05) is 18.7 Å². The molecule has 35 heavy (non-hydrogen) atoms. The van der Waals surface area contributed by atoms with E-state index in [1.54, 1.807) is 30.3 Å². The number of nitrogens with zero attached hydrogens (tertiary/aromatic N) is 1. The molecule has 0 radical (unpaired) electrons. The molecule has 0 aliphatic carbocycles. The summed E-state index contributed by atoms with van der Waals surface area (Å²) in [4.78, 5) is 39.6. The SMILES string of the molecule is CC(C)CCOc1ccc(C(=O)N2CCNC(=O)C2CC(=O)OCCOc2ccccc2)cc1Br. The van der Waals surface area contributed by atoms with Crippen LogP contribution in [0.1, 0.15) is 37.0 Å². The van der Waals surface area contributed by atoms with Crippen LogP contribution in [0.4, 0.5) is 0 Å². The van der Waals surface area contributed by atoms with Gasteiger partial charge in [0.05, 0.1) is 17.5 Å². The highest BCUT2D eigenvalue weighted by molar-refractivity contribution is 9.10. The smallest absolute Gasteiger partial charge is 0.308 e. The molecule has 1 saturated heterocycles. The van der Waals surface area contributed by atoms with E-state index in [9.17, 15) is 14.4 Å². The molecule has 1 N–H and O–H groups in total. The fourth-order valence-corrected chi connectivity index (χ4v) is 4.02. The topological polar surface area (TPSA) is 94.2 Å². The fourth-order valence-electron chi connectivity index (χ4n) is 3.53. The van der Waals surface area contributed by atoms with Crippen molar-refractivity contribution in [3.8, 4) is 11.5 Å². The molecular weight excluding hydrogens is 516 g/mol. The van der Waals surface area contributed by atoms with Gasteiger partial charge >= 0.3 is 5.97 Å². The number of hydrogen-bond donors (Lipinski definition) is 1. The third-order valence-corrected chi connectivity index (χ3v) is 6.06. The minimum absolute atomic E-state index is 0.0429. The van der Waals surface area contributed by atoms with Crippen molar-refractivity contribution in [1.29, 1.82) is 0 Å². The van der Waals surface area contributed by atoms with Gasteiger partial charge < -0.3 is 24.4 Å². The Morgan fingerprint density at radius 1 is 1.09 bits per heavy atom. The van der Waals surface area contributed by atoms with Crippen LogP contribution < -0.4 is 14.8 Å². The standard InChI is InChI=1S/C26H31BrN2O6/c1-18(2)10-13-34-23-9-8-19(16-21(23)27)26(32)29-12-11-28-25(31)22(29)17-24(30)35-15-14-33-20-6-4-3-5-7-20/h3-9,16,18,22H,10-15,17H2,1-2H3,(H,28,31). The Labute approximate surface area is 214 Å². The molecule has 1 fully saturated rings. The van der Waals surface area contributed by atoms with E-state index < -0.39 is 12.0 Å². The van der Waals surface area contributed by atoms with Crippen LogP contribution >= 0.6 is 15.9 Å². The first-order valence-electron chi connectivity index (χ1n) is 11.7. The Balaban J connectivity index is 1.56. The van der Waals surface area contributed by atoms with Gasteiger partial charge in [-0.1, -0.05) is 32.0 Å². The molecule has 1 aliphatic rings. The zero-order valence-corrected chi connectivity index (χ0v) is 21.6. The van der Waals surface area contributed by atoms with Gasteiger partial charge in [0.25, 0.3) is 5.91 Å². The second-order valence-corrected chi connectivity index (χ2v) is 9.42. The maximum absolute atomic E-state index is 13.2. The normalized spacial score (nSPS) is 15.5. The summed E-state index contributed by atoms with van der Waals surface area (Å²) < 4.78 is 17.2. The summed E-state index contributed by atoms with van der Waals surface area (Å²) in [5.74, 6) is 0.566. The lowest BCUT2D eigenvalue weighted by molar-refractivity contribution is -0.148. The van der Waals surface area contributed by atoms with Crippen molar-refractivity contribution in [2.24, 2.45) is 5.92 Å². The second kappa shape index (κ2) is 13.1. The zero-order valence-electron chi connectivity index (χ0n) is 20.0. The third kappa shape index (κ3) is 7.99. The monoisotopic (exact) mass is 546 g/mol. The van der Waals surface area contributed by atoms with E-state index in [0.29, 0.717) is 47.1 Å². The first-order valence-corrected chi connectivity index (χ1v) is 12.5. The third-order valence-electron chi connectivity index (χ3n) is 5.44. The van der Waals surface area contributed by atoms with Crippen LogP contribution in [0.5, 0.6) is 11.5 Å². The van der Waals surface area contributed by atoms with Crippen LogP contribution in [0, 0.1) is 5.92 Å². The predicted molar refractivity (Wildman–Crippen MR) is 134 cm³/mol. The molecule has 2 aromatic rings. The lowest BCUT2D eigenvalue weighted by Crippen LogP contribution is -2.57. The maximum atomic E-state index is 13.2. The van der Waals surface area contributed by atoms with E-state index in [1.807, 2.05) is 18.2 Å². The van der Waals surface area contributed by atoms with Gasteiger partial charge in [-0.15, -0.1) is 0 Å². The molecule has 0 bridgehead atoms. The first kappa shape index (κ1) is 26.5. The van der Waals surface area contributed by atoms with E-state index >= 15 is 0 Å². The number of carbonyl (C=O) groups is 3. The molecule has 0 spiro atoms. The van der Waals surface area contributed by atoms with Crippen LogP contribution in [-0.2, 0) is 14.3 Å². The van der Waals surface area contributed by atoms with Gasteiger partial charge in [-0.2, -0.15) is 0 Å². The summed E-state index contributed by atoms with van der Waals surface area (Å²) in [6.45, 7) is 5.67. The molecule has 1 unspecified atom stereocenters. The van der Waals surface area contributed by atoms with Crippen LogP contribution in [0.2, 0.25) is 0 Å². The average molecular weight is 547 g/mol. The number of ether oxygens (including phenoxy) is 3. The minimum atomic E-state index is -0.945. The summed E-state index contributed by atoms with van der Waals surface area (Å²) in [6, 6.07) is 13.3. The predicted octanol–water partition coefficient (Wildman–Crippen LogP) is 3.83. The van der Waals surface area contributed by atoms with Gasteiger partial charge in [0.2, 0.25) is 5.91 Å². The van der Waals surface area contributed by atoms with E-state index in [4.69, 9.17) is 14.2 Å². The molecule has 0 aromatic heterocycles. The second-order valence-electron chi connectivity index (χ2n) is 8.57. The zero-order chi connectivity index (χ0) is 25.2. The lowest BCUT2D eigenvalue weighted by Gasteiger charge is -2.34. The number of hydrogen-bond acceptors (Lipinski definition) is 6. The Morgan fingerprint density at radius 3 is 2.57 bits per heavy atom. The van der Waals surface area contributed by atoms with Gasteiger partial charge in [0.15, 0.2) is 0 Å². The van der Waals surface area contributed by atoms with Crippen LogP contribution in [-0.4, -0.2) is 61.6 Å². The Bertz CT molecular complexity index is 1010. The highest BCUT2D eigenvalue weighted by Crippen LogP contribution is 2.27. The lowest BCUT2D eigenvalue weighted by atomic mass is 10.1. The van der Waals surface area contributed by atoms with Crippen molar-refractivity contribution in [2.75, 3.05) is 32.9 Å². The Hall–Kier alpha value is -3.07. The number of halogens is 1. The van der Waals surface area contributed by atoms with Crippen molar-refractivity contribution in [3.63, 3.8) is 0 Å². The number of nitrogens with one attached hydrogen (secondary N) is 1. The number of piperazine rings is 1. The molecule has 8 nitrogen and oxygen atoms in total. The highest BCUT2D eigenvalue weighted by Gasteiger charge is 2.35. The molecule has 9 heteroatoms. The number of rotatable bonds is 11. The van der Waals surface area contributed by atoms with Gasteiger partial charge in [-0.05, 0) is 58.6 Å².